The molecule has 1 saturated heterocycles. The molecule has 0 saturated carbocycles. The maximum absolute atomic E-state index is 12.5. The number of alkyl halides is 2. The maximum Gasteiger partial charge on any atom is 0.387 e. The number of nitrogens with one attached hydrogen (secondary N) is 1. The zero-order valence-corrected chi connectivity index (χ0v) is 13.0. The lowest BCUT2D eigenvalue weighted by molar-refractivity contribution is -0.0487. The van der Waals surface area contributed by atoms with E-state index in [0.29, 0.717) is 36.3 Å². The average molecular weight is 337 g/mol. The third-order valence-corrected chi connectivity index (χ3v) is 3.72. The Labute approximate surface area is 137 Å². The zero-order valence-electron chi connectivity index (χ0n) is 13.0. The second-order valence-corrected chi connectivity index (χ2v) is 5.45. The molecule has 1 atom stereocenters. The van der Waals surface area contributed by atoms with Crippen molar-refractivity contribution in [1.82, 2.24) is 9.88 Å². The lowest BCUT2D eigenvalue weighted by Gasteiger charge is -2.31. The fraction of sp³-hybridized carbons (Fsp3) is 0.375. The number of hydrogen-bond donors (Lipinski definition) is 1. The molecule has 0 spiro atoms. The minimum absolute atomic E-state index is 0.0195. The number of ether oxygens (including phenoxy) is 2. The number of amides is 2. The quantitative estimate of drug-likeness (QED) is 0.935. The molecule has 1 unspecified atom stereocenters. The van der Waals surface area contributed by atoms with E-state index >= 15 is 0 Å². The number of carbonyl (C=O) groups is 1. The molecule has 6 nitrogen and oxygen atoms in total. The lowest BCUT2D eigenvalue weighted by Crippen LogP contribution is -2.46. The van der Waals surface area contributed by atoms with Crippen LogP contribution in [0.15, 0.2) is 30.5 Å². The Morgan fingerprint density at radius 3 is 3.04 bits per heavy atom. The Morgan fingerprint density at radius 2 is 2.29 bits per heavy atom. The van der Waals surface area contributed by atoms with Crippen molar-refractivity contribution < 1.29 is 23.0 Å². The molecule has 0 bridgehead atoms. The molecule has 1 aromatic carbocycles. The van der Waals surface area contributed by atoms with Gasteiger partial charge in [-0.2, -0.15) is 8.78 Å². The molecular weight excluding hydrogens is 320 g/mol. The van der Waals surface area contributed by atoms with Crippen LogP contribution in [0.4, 0.5) is 19.3 Å². The SMILES string of the molecule is CC1CN(C(=O)Nc2ccc(OC(F)F)c3cccnc23)CCO1. The predicted octanol–water partition coefficient (Wildman–Crippen LogP) is 3.09. The minimum atomic E-state index is -2.93. The predicted molar refractivity (Wildman–Crippen MR) is 84.4 cm³/mol. The van der Waals surface area contributed by atoms with Gasteiger partial charge in [-0.05, 0) is 31.2 Å². The van der Waals surface area contributed by atoms with Gasteiger partial charge in [0.1, 0.15) is 5.75 Å². The van der Waals surface area contributed by atoms with E-state index < -0.39 is 6.61 Å². The Bertz CT molecular complexity index is 742. The van der Waals surface area contributed by atoms with Gasteiger partial charge in [-0.25, -0.2) is 4.79 Å². The summed E-state index contributed by atoms with van der Waals surface area (Å²) >= 11 is 0. The largest absolute Gasteiger partial charge is 0.434 e. The van der Waals surface area contributed by atoms with Gasteiger partial charge in [0.25, 0.3) is 0 Å². The summed E-state index contributed by atoms with van der Waals surface area (Å²) in [6.07, 6.45) is 1.50. The minimum Gasteiger partial charge on any atom is -0.434 e. The molecule has 3 rings (SSSR count). The van der Waals surface area contributed by atoms with Crippen LogP contribution in [0, 0.1) is 0 Å². The van der Waals surface area contributed by atoms with E-state index in [9.17, 15) is 13.6 Å². The van der Waals surface area contributed by atoms with Gasteiger partial charge < -0.3 is 19.7 Å². The number of fused-ring (bicyclic) bond motifs is 1. The average Bonchev–Trinajstić information content (AvgIpc) is 2.56. The fourth-order valence-electron chi connectivity index (χ4n) is 2.64. The van der Waals surface area contributed by atoms with Crippen molar-refractivity contribution in [3.63, 3.8) is 0 Å². The van der Waals surface area contributed by atoms with E-state index in [1.54, 1.807) is 17.0 Å². The summed E-state index contributed by atoms with van der Waals surface area (Å²) in [5.41, 5.74) is 0.835. The number of nitrogens with zero attached hydrogens (tertiary/aromatic N) is 2. The molecule has 0 aliphatic carbocycles. The summed E-state index contributed by atoms with van der Waals surface area (Å²) in [6.45, 7) is 0.433. The summed E-state index contributed by atoms with van der Waals surface area (Å²) in [4.78, 5) is 18.2. The first-order valence-electron chi connectivity index (χ1n) is 7.54. The molecule has 0 radical (unpaired) electrons. The van der Waals surface area contributed by atoms with E-state index in [1.165, 1.54) is 18.3 Å². The van der Waals surface area contributed by atoms with Crippen LogP contribution in [-0.4, -0.2) is 48.3 Å². The number of benzene rings is 1. The van der Waals surface area contributed by atoms with Gasteiger partial charge in [0.2, 0.25) is 0 Å². The monoisotopic (exact) mass is 337 g/mol. The van der Waals surface area contributed by atoms with Crippen LogP contribution >= 0.6 is 0 Å². The Hall–Kier alpha value is -2.48. The number of anilines is 1. The van der Waals surface area contributed by atoms with E-state index in [2.05, 4.69) is 15.0 Å². The van der Waals surface area contributed by atoms with Crippen molar-refractivity contribution in [2.75, 3.05) is 25.0 Å². The van der Waals surface area contributed by atoms with Crippen molar-refractivity contribution in [2.45, 2.75) is 19.6 Å². The number of rotatable bonds is 3. The number of halogens is 2. The number of hydrogen-bond acceptors (Lipinski definition) is 4. The van der Waals surface area contributed by atoms with Gasteiger partial charge in [-0.3, -0.25) is 4.98 Å². The number of morpholine rings is 1. The van der Waals surface area contributed by atoms with Gasteiger partial charge in [0.15, 0.2) is 0 Å². The fourth-order valence-corrected chi connectivity index (χ4v) is 2.64. The molecule has 2 amide bonds. The molecule has 1 aliphatic rings. The Kier molecular flexibility index (Phi) is 4.75. The van der Waals surface area contributed by atoms with Crippen molar-refractivity contribution >= 4 is 22.6 Å². The summed E-state index contributed by atoms with van der Waals surface area (Å²) in [6, 6.07) is 5.87. The highest BCUT2D eigenvalue weighted by Gasteiger charge is 2.22. The molecule has 24 heavy (non-hydrogen) atoms. The molecule has 1 aliphatic heterocycles. The highest BCUT2D eigenvalue weighted by Crippen LogP contribution is 2.31. The van der Waals surface area contributed by atoms with Gasteiger partial charge in [-0.15, -0.1) is 0 Å². The second kappa shape index (κ2) is 6.96. The molecule has 2 heterocycles. The van der Waals surface area contributed by atoms with Crippen LogP contribution in [0.25, 0.3) is 10.9 Å². The molecule has 2 aromatic rings. The first-order chi connectivity index (χ1) is 11.5. The molecular formula is C16H17F2N3O3. The zero-order chi connectivity index (χ0) is 17.1. The summed E-state index contributed by atoms with van der Waals surface area (Å²) in [5.74, 6) is 0.0195. The van der Waals surface area contributed by atoms with Crippen molar-refractivity contribution in [3.05, 3.63) is 30.5 Å². The van der Waals surface area contributed by atoms with Crippen LogP contribution in [0.5, 0.6) is 5.75 Å². The standard InChI is InChI=1S/C16H17F2N3O3/c1-10-9-21(7-8-23-10)16(22)20-12-4-5-13(24-15(17)18)11-3-2-6-19-14(11)12/h2-6,10,15H,7-9H2,1H3,(H,20,22). The Morgan fingerprint density at radius 1 is 1.46 bits per heavy atom. The number of pyridine rings is 1. The van der Waals surface area contributed by atoms with Crippen LogP contribution in [0.2, 0.25) is 0 Å². The molecule has 1 aromatic heterocycles. The van der Waals surface area contributed by atoms with Gasteiger partial charge in [0.05, 0.1) is 23.9 Å². The summed E-state index contributed by atoms with van der Waals surface area (Å²) in [7, 11) is 0. The second-order valence-electron chi connectivity index (χ2n) is 5.45. The van der Waals surface area contributed by atoms with Crippen LogP contribution in [0.3, 0.4) is 0 Å². The van der Waals surface area contributed by atoms with Crippen LogP contribution in [0.1, 0.15) is 6.92 Å². The number of carbonyl (C=O) groups excluding carboxylic acids is 1. The first kappa shape index (κ1) is 16.4. The smallest absolute Gasteiger partial charge is 0.387 e. The first-order valence-corrected chi connectivity index (χ1v) is 7.54. The van der Waals surface area contributed by atoms with E-state index in [-0.39, 0.29) is 17.9 Å². The van der Waals surface area contributed by atoms with Crippen molar-refractivity contribution in [1.29, 1.82) is 0 Å². The lowest BCUT2D eigenvalue weighted by atomic mass is 10.1. The number of aromatic nitrogens is 1. The van der Waals surface area contributed by atoms with E-state index in [4.69, 9.17) is 4.74 Å². The van der Waals surface area contributed by atoms with Crippen molar-refractivity contribution in [3.8, 4) is 5.75 Å². The topological polar surface area (TPSA) is 63.7 Å². The molecule has 8 heteroatoms. The molecule has 128 valence electrons. The molecule has 1 N–H and O–H groups in total. The third-order valence-electron chi connectivity index (χ3n) is 3.72. The van der Waals surface area contributed by atoms with Crippen molar-refractivity contribution in [2.24, 2.45) is 0 Å². The van der Waals surface area contributed by atoms with Crippen LogP contribution in [-0.2, 0) is 4.74 Å². The van der Waals surface area contributed by atoms with Gasteiger partial charge in [0, 0.05) is 24.7 Å². The van der Waals surface area contributed by atoms with Crippen LogP contribution < -0.4 is 10.1 Å². The molecule has 1 fully saturated rings. The van der Waals surface area contributed by atoms with Gasteiger partial charge in [-0.1, -0.05) is 0 Å². The van der Waals surface area contributed by atoms with E-state index in [1.807, 2.05) is 6.92 Å². The Balaban J connectivity index is 1.86. The number of urea groups is 1. The third kappa shape index (κ3) is 3.53. The summed E-state index contributed by atoms with van der Waals surface area (Å²) in [5, 5.41) is 3.19. The maximum atomic E-state index is 12.5. The van der Waals surface area contributed by atoms with Gasteiger partial charge >= 0.3 is 12.6 Å². The summed E-state index contributed by atoms with van der Waals surface area (Å²) < 4.78 is 34.9. The normalized spacial score (nSPS) is 18.0. The highest BCUT2D eigenvalue weighted by atomic mass is 19.3. The highest BCUT2D eigenvalue weighted by molar-refractivity contribution is 6.01. The van der Waals surface area contributed by atoms with E-state index in [0.717, 1.165) is 0 Å².